The van der Waals surface area contributed by atoms with Gasteiger partial charge in [-0.2, -0.15) is 0 Å². The van der Waals surface area contributed by atoms with Gasteiger partial charge >= 0.3 is 0 Å². The summed E-state index contributed by atoms with van der Waals surface area (Å²) in [6, 6.07) is 6.33. The van der Waals surface area contributed by atoms with Crippen molar-refractivity contribution in [3.05, 3.63) is 35.6 Å². The molecule has 1 aliphatic heterocycles. The molecule has 1 N–H and O–H groups in total. The molecule has 0 saturated heterocycles. The number of benzene rings is 1. The van der Waals surface area contributed by atoms with E-state index in [9.17, 15) is 9.18 Å². The molecular weight excluding hydrogens is 259 g/mol. The van der Waals surface area contributed by atoms with Crippen LogP contribution in [0.2, 0.25) is 0 Å². The van der Waals surface area contributed by atoms with Gasteiger partial charge in [-0.25, -0.2) is 4.39 Å². The van der Waals surface area contributed by atoms with E-state index in [4.69, 9.17) is 4.84 Å². The first-order valence-corrected chi connectivity index (χ1v) is 7.01. The number of carbonyl (C=O) groups is 1. The van der Waals surface area contributed by atoms with Gasteiger partial charge in [-0.05, 0) is 30.5 Å². The van der Waals surface area contributed by atoms with Crippen LogP contribution in [0.3, 0.4) is 0 Å². The highest BCUT2D eigenvalue weighted by molar-refractivity contribution is 6.04. The number of carbonyl (C=O) groups excluding carboxylic acids is 1. The molecule has 5 heteroatoms. The minimum Gasteiger partial charge on any atom is -0.382 e. The highest BCUT2D eigenvalue weighted by atomic mass is 19.1. The minimum atomic E-state index is -0.560. The van der Waals surface area contributed by atoms with Gasteiger partial charge in [0, 0.05) is 12.5 Å². The van der Waals surface area contributed by atoms with Crippen LogP contribution in [0.5, 0.6) is 0 Å². The number of rotatable bonds is 3. The van der Waals surface area contributed by atoms with Gasteiger partial charge < -0.3 is 10.2 Å². The molecule has 3 rings (SSSR count). The van der Waals surface area contributed by atoms with Crippen LogP contribution in [0.25, 0.3) is 0 Å². The van der Waals surface area contributed by atoms with E-state index in [1.165, 1.54) is 25.0 Å². The first-order chi connectivity index (χ1) is 9.72. The van der Waals surface area contributed by atoms with Gasteiger partial charge in [0.1, 0.15) is 5.82 Å². The van der Waals surface area contributed by atoms with E-state index in [1.54, 1.807) is 12.1 Å². The maximum Gasteiger partial charge on any atom is 0.264 e. The number of halogens is 1. The summed E-state index contributed by atoms with van der Waals surface area (Å²) >= 11 is 0. The van der Waals surface area contributed by atoms with Gasteiger partial charge in [0.25, 0.3) is 5.91 Å². The normalized spacial score (nSPS) is 22.4. The second kappa shape index (κ2) is 5.61. The summed E-state index contributed by atoms with van der Waals surface area (Å²) in [6.07, 6.45) is 4.32. The Hall–Kier alpha value is -1.91. The molecule has 0 spiro atoms. The molecule has 1 amide bonds. The molecule has 106 valence electrons. The highest BCUT2D eigenvalue weighted by Crippen LogP contribution is 2.20. The van der Waals surface area contributed by atoms with Crippen LogP contribution in [0.1, 0.15) is 37.7 Å². The molecule has 0 bridgehead atoms. The fraction of sp³-hybridized carbons (Fsp3) is 0.467. The Morgan fingerprint density at radius 3 is 2.65 bits per heavy atom. The van der Waals surface area contributed by atoms with Crippen LogP contribution < -0.4 is 5.32 Å². The molecule has 20 heavy (non-hydrogen) atoms. The van der Waals surface area contributed by atoms with Gasteiger partial charge in [-0.3, -0.25) is 4.79 Å². The molecule has 4 nitrogen and oxygen atoms in total. The van der Waals surface area contributed by atoms with Crippen molar-refractivity contribution < 1.29 is 14.0 Å². The number of nitrogens with zero attached hydrogens (tertiary/aromatic N) is 1. The van der Waals surface area contributed by atoms with Crippen molar-refractivity contribution in [3.8, 4) is 0 Å². The Morgan fingerprint density at radius 2 is 1.95 bits per heavy atom. The van der Waals surface area contributed by atoms with E-state index in [1.807, 2.05) is 0 Å². The number of nitrogens with one attached hydrogen (secondary N) is 1. The lowest BCUT2D eigenvalue weighted by Gasteiger charge is -2.14. The molecule has 1 fully saturated rings. The molecule has 0 aromatic heterocycles. The van der Waals surface area contributed by atoms with E-state index in [0.29, 0.717) is 12.1 Å². The van der Waals surface area contributed by atoms with E-state index in [-0.39, 0.29) is 17.8 Å². The predicted octanol–water partition coefficient (Wildman–Crippen LogP) is 2.38. The van der Waals surface area contributed by atoms with E-state index in [2.05, 4.69) is 10.5 Å². The van der Waals surface area contributed by atoms with Gasteiger partial charge in [0.15, 0.2) is 0 Å². The number of hydrogen-bond donors (Lipinski definition) is 1. The maximum absolute atomic E-state index is 12.9. The zero-order valence-corrected chi connectivity index (χ0v) is 11.1. The SMILES string of the molecule is O=C(NC1CCCC1)[C@H]1CC(c2ccc(F)cc2)=NO1. The summed E-state index contributed by atoms with van der Waals surface area (Å²) in [5.74, 6) is -0.387. The largest absolute Gasteiger partial charge is 0.382 e. The zero-order chi connectivity index (χ0) is 13.9. The molecule has 0 unspecified atom stereocenters. The first kappa shape index (κ1) is 13.1. The highest BCUT2D eigenvalue weighted by Gasteiger charge is 2.30. The Balaban J connectivity index is 1.57. The van der Waals surface area contributed by atoms with Crippen molar-refractivity contribution in [1.29, 1.82) is 0 Å². The average Bonchev–Trinajstić information content (AvgIpc) is 3.10. The summed E-state index contributed by atoms with van der Waals surface area (Å²) in [7, 11) is 0. The van der Waals surface area contributed by atoms with Gasteiger partial charge in [0.05, 0.1) is 5.71 Å². The second-order valence-corrected chi connectivity index (χ2v) is 5.33. The molecule has 0 radical (unpaired) electrons. The van der Waals surface area contributed by atoms with Crippen LogP contribution in [0.15, 0.2) is 29.4 Å². The van der Waals surface area contributed by atoms with Crippen molar-refractivity contribution in [2.75, 3.05) is 0 Å². The van der Waals surface area contributed by atoms with Crippen molar-refractivity contribution in [2.24, 2.45) is 5.16 Å². The summed E-state index contributed by atoms with van der Waals surface area (Å²) in [5, 5.41) is 6.95. The zero-order valence-electron chi connectivity index (χ0n) is 11.1. The van der Waals surface area contributed by atoms with E-state index >= 15 is 0 Å². The molecule has 2 aliphatic rings. The first-order valence-electron chi connectivity index (χ1n) is 7.01. The Labute approximate surface area is 117 Å². The number of hydrogen-bond acceptors (Lipinski definition) is 3. The quantitative estimate of drug-likeness (QED) is 0.921. The lowest BCUT2D eigenvalue weighted by molar-refractivity contribution is -0.131. The van der Waals surface area contributed by atoms with Crippen molar-refractivity contribution in [1.82, 2.24) is 5.32 Å². The molecular formula is C15H17FN2O2. The Bertz CT molecular complexity index is 521. The van der Waals surface area contributed by atoms with Gasteiger partial charge in [-0.15, -0.1) is 0 Å². The predicted molar refractivity (Wildman–Crippen MR) is 72.8 cm³/mol. The molecule has 1 aliphatic carbocycles. The standard InChI is InChI=1S/C15H17FN2O2/c16-11-7-5-10(6-8-11)13-9-14(20-18-13)15(19)17-12-3-1-2-4-12/h5-8,12,14H,1-4,9H2,(H,17,19)/t14-/m1/s1. The molecule has 1 heterocycles. The van der Waals surface area contributed by atoms with Gasteiger partial charge in [-0.1, -0.05) is 30.1 Å². The van der Waals surface area contributed by atoms with Crippen LogP contribution >= 0.6 is 0 Å². The third-order valence-electron chi connectivity index (χ3n) is 3.84. The Kier molecular flexibility index (Phi) is 3.67. The lowest BCUT2D eigenvalue weighted by Crippen LogP contribution is -2.40. The van der Waals surface area contributed by atoms with E-state index in [0.717, 1.165) is 18.4 Å². The number of amides is 1. The minimum absolute atomic E-state index is 0.0993. The van der Waals surface area contributed by atoms with Crippen LogP contribution in [-0.2, 0) is 9.63 Å². The topological polar surface area (TPSA) is 50.7 Å². The molecule has 1 saturated carbocycles. The van der Waals surface area contributed by atoms with Crippen molar-refractivity contribution in [3.63, 3.8) is 0 Å². The maximum atomic E-state index is 12.9. The monoisotopic (exact) mass is 276 g/mol. The fourth-order valence-electron chi connectivity index (χ4n) is 2.70. The second-order valence-electron chi connectivity index (χ2n) is 5.33. The van der Waals surface area contributed by atoms with Crippen LogP contribution in [0, 0.1) is 5.82 Å². The third-order valence-corrected chi connectivity index (χ3v) is 3.84. The van der Waals surface area contributed by atoms with Crippen LogP contribution in [0.4, 0.5) is 4.39 Å². The lowest BCUT2D eigenvalue weighted by atomic mass is 10.0. The summed E-state index contributed by atoms with van der Waals surface area (Å²) in [5.41, 5.74) is 1.49. The Morgan fingerprint density at radius 1 is 1.25 bits per heavy atom. The van der Waals surface area contributed by atoms with E-state index < -0.39 is 6.10 Å². The van der Waals surface area contributed by atoms with Crippen LogP contribution in [-0.4, -0.2) is 23.8 Å². The average molecular weight is 276 g/mol. The number of oxime groups is 1. The fourth-order valence-corrected chi connectivity index (χ4v) is 2.70. The molecule has 1 atom stereocenters. The van der Waals surface area contributed by atoms with Gasteiger partial charge in [0.2, 0.25) is 6.10 Å². The van der Waals surface area contributed by atoms with Crippen molar-refractivity contribution >= 4 is 11.6 Å². The third kappa shape index (κ3) is 2.81. The smallest absolute Gasteiger partial charge is 0.264 e. The molecule has 1 aromatic carbocycles. The summed E-state index contributed by atoms with van der Waals surface area (Å²) in [4.78, 5) is 17.3. The summed E-state index contributed by atoms with van der Waals surface area (Å²) in [6.45, 7) is 0. The van der Waals surface area contributed by atoms with Crippen molar-refractivity contribution in [2.45, 2.75) is 44.2 Å². The molecule has 1 aromatic rings. The summed E-state index contributed by atoms with van der Waals surface area (Å²) < 4.78 is 12.9.